The molecule has 0 atom stereocenters. The number of hydrogen-bond donors (Lipinski definition) is 1. The number of carbonyl (C=O) groups excluding carboxylic acids is 1. The Hall–Kier alpha value is -2.77. The summed E-state index contributed by atoms with van der Waals surface area (Å²) in [4.78, 5) is 22.3. The van der Waals surface area contributed by atoms with Gasteiger partial charge < -0.3 is 4.74 Å². The fourth-order valence-corrected chi connectivity index (χ4v) is 4.77. The molecule has 4 aromatic rings. The van der Waals surface area contributed by atoms with Gasteiger partial charge in [-0.1, -0.05) is 36.5 Å². The van der Waals surface area contributed by atoms with Crippen molar-refractivity contribution >= 4 is 43.9 Å². The fourth-order valence-electron chi connectivity index (χ4n) is 2.97. The van der Waals surface area contributed by atoms with Crippen LogP contribution in [0.25, 0.3) is 10.2 Å². The Morgan fingerprint density at radius 3 is 2.76 bits per heavy atom. The van der Waals surface area contributed by atoms with Crippen molar-refractivity contribution in [1.29, 1.82) is 0 Å². The number of carbonyl (C=O) groups is 1. The van der Waals surface area contributed by atoms with Crippen molar-refractivity contribution in [1.82, 2.24) is 9.97 Å². The van der Waals surface area contributed by atoms with Crippen molar-refractivity contribution in [3.05, 3.63) is 69.2 Å². The third kappa shape index (κ3) is 4.46. The molecular formula is C22H21N3O2S2. The molecule has 0 saturated carbocycles. The quantitative estimate of drug-likeness (QED) is 0.428. The van der Waals surface area contributed by atoms with E-state index in [1.54, 1.807) is 0 Å². The van der Waals surface area contributed by atoms with Gasteiger partial charge >= 0.3 is 0 Å². The van der Waals surface area contributed by atoms with Gasteiger partial charge in [-0.15, -0.1) is 11.3 Å². The molecule has 2 aromatic heterocycles. The summed E-state index contributed by atoms with van der Waals surface area (Å²) in [5.41, 5.74) is 4.00. The summed E-state index contributed by atoms with van der Waals surface area (Å²) in [5, 5.41) is 4.29. The predicted octanol–water partition coefficient (Wildman–Crippen LogP) is 5.76. The zero-order valence-electron chi connectivity index (χ0n) is 16.5. The number of thiazole rings is 2. The van der Waals surface area contributed by atoms with E-state index < -0.39 is 0 Å². The van der Waals surface area contributed by atoms with E-state index in [1.807, 2.05) is 44.2 Å². The first-order chi connectivity index (χ1) is 14.0. The van der Waals surface area contributed by atoms with Crippen LogP contribution in [0.3, 0.4) is 0 Å². The smallest absolute Gasteiger partial charge is 0.269 e. The number of aromatic nitrogens is 2. The number of rotatable bonds is 6. The topological polar surface area (TPSA) is 64.1 Å². The van der Waals surface area contributed by atoms with Gasteiger partial charge in [-0.05, 0) is 55.7 Å². The molecule has 0 radical (unpaired) electrons. The molecule has 0 spiro atoms. The highest BCUT2D eigenvalue weighted by Gasteiger charge is 2.17. The van der Waals surface area contributed by atoms with Crippen molar-refractivity contribution in [3.8, 4) is 5.75 Å². The van der Waals surface area contributed by atoms with Gasteiger partial charge in [-0.2, -0.15) is 0 Å². The minimum absolute atomic E-state index is 0.184. The molecular weight excluding hydrogens is 402 g/mol. The van der Waals surface area contributed by atoms with Crippen molar-refractivity contribution in [2.24, 2.45) is 0 Å². The summed E-state index contributed by atoms with van der Waals surface area (Å²) in [6, 6.07) is 14.1. The molecule has 0 fully saturated rings. The van der Waals surface area contributed by atoms with Crippen LogP contribution in [-0.2, 0) is 13.0 Å². The van der Waals surface area contributed by atoms with Crippen LogP contribution in [0.1, 0.15) is 38.4 Å². The van der Waals surface area contributed by atoms with Crippen LogP contribution >= 0.6 is 22.7 Å². The lowest BCUT2D eigenvalue weighted by Gasteiger charge is -2.04. The maximum absolute atomic E-state index is 12.8. The monoisotopic (exact) mass is 423 g/mol. The second-order valence-electron chi connectivity index (χ2n) is 6.76. The number of anilines is 1. The van der Waals surface area contributed by atoms with Crippen molar-refractivity contribution < 1.29 is 9.53 Å². The lowest BCUT2D eigenvalue weighted by atomic mass is 10.2. The van der Waals surface area contributed by atoms with E-state index in [2.05, 4.69) is 34.3 Å². The lowest BCUT2D eigenvalue weighted by Crippen LogP contribution is -2.11. The number of amides is 1. The Bertz CT molecular complexity index is 1180. The van der Waals surface area contributed by atoms with Gasteiger partial charge in [-0.3, -0.25) is 10.1 Å². The van der Waals surface area contributed by atoms with Crippen LogP contribution < -0.4 is 10.1 Å². The number of aryl methyl sites for hydroxylation is 3. The summed E-state index contributed by atoms with van der Waals surface area (Å²) in [6.07, 6.45) is 0.975. The summed E-state index contributed by atoms with van der Waals surface area (Å²) in [6.45, 7) is 6.32. The second kappa shape index (κ2) is 8.31. The van der Waals surface area contributed by atoms with E-state index in [0.717, 1.165) is 33.0 Å². The number of hydrogen-bond acceptors (Lipinski definition) is 6. The molecule has 0 unspecified atom stereocenters. The van der Waals surface area contributed by atoms with Gasteiger partial charge in [0.2, 0.25) is 0 Å². The van der Waals surface area contributed by atoms with Gasteiger partial charge in [0.05, 0.1) is 15.9 Å². The zero-order chi connectivity index (χ0) is 20.4. The van der Waals surface area contributed by atoms with Crippen LogP contribution in [0, 0.1) is 13.8 Å². The highest BCUT2D eigenvalue weighted by atomic mass is 32.1. The molecule has 1 N–H and O–H groups in total. The minimum Gasteiger partial charge on any atom is -0.486 e. The normalized spacial score (nSPS) is 11.0. The Kier molecular flexibility index (Phi) is 5.60. The summed E-state index contributed by atoms with van der Waals surface area (Å²) < 4.78 is 6.88. The van der Waals surface area contributed by atoms with Crippen LogP contribution in [0.5, 0.6) is 5.75 Å². The van der Waals surface area contributed by atoms with Crippen molar-refractivity contribution in [2.45, 2.75) is 33.8 Å². The van der Waals surface area contributed by atoms with E-state index >= 15 is 0 Å². The molecule has 1 amide bonds. The van der Waals surface area contributed by atoms with Crippen molar-refractivity contribution in [2.75, 3.05) is 5.32 Å². The zero-order valence-corrected chi connectivity index (χ0v) is 18.1. The van der Waals surface area contributed by atoms with Crippen LogP contribution in [0.15, 0.2) is 42.5 Å². The second-order valence-corrected chi connectivity index (χ2v) is 8.87. The lowest BCUT2D eigenvalue weighted by molar-refractivity contribution is 0.103. The largest absolute Gasteiger partial charge is 0.486 e. The Balaban J connectivity index is 1.46. The standard InChI is InChI=1S/C22H21N3O2S2/c1-4-15-8-9-17-18(11-15)28-22(24-17)25-21(26)20-14(3)23-19(29-20)12-27-16-7-5-6-13(2)10-16/h5-11H,4,12H2,1-3H3,(H,24,25,26). The molecule has 0 aliphatic heterocycles. The summed E-state index contributed by atoms with van der Waals surface area (Å²) in [7, 11) is 0. The first-order valence-corrected chi connectivity index (χ1v) is 11.0. The SMILES string of the molecule is CCc1ccc2nc(NC(=O)c3sc(COc4cccc(C)c4)nc3C)sc2c1. The van der Waals surface area contributed by atoms with Gasteiger partial charge in [-0.25, -0.2) is 9.97 Å². The molecule has 5 nitrogen and oxygen atoms in total. The third-order valence-electron chi connectivity index (χ3n) is 4.48. The number of nitrogens with one attached hydrogen (secondary N) is 1. The highest BCUT2D eigenvalue weighted by molar-refractivity contribution is 7.22. The molecule has 4 rings (SSSR count). The van der Waals surface area contributed by atoms with Crippen molar-refractivity contribution in [3.63, 3.8) is 0 Å². The Morgan fingerprint density at radius 2 is 1.97 bits per heavy atom. The maximum atomic E-state index is 12.8. The minimum atomic E-state index is -0.184. The van der Waals surface area contributed by atoms with Gasteiger partial charge in [0.15, 0.2) is 5.13 Å². The molecule has 0 bridgehead atoms. The first kappa shape index (κ1) is 19.5. The first-order valence-electron chi connectivity index (χ1n) is 9.38. The van der Waals surface area contributed by atoms with Gasteiger partial charge in [0, 0.05) is 0 Å². The van der Waals surface area contributed by atoms with E-state index in [9.17, 15) is 4.79 Å². The summed E-state index contributed by atoms with van der Waals surface area (Å²) in [5.74, 6) is 0.612. The van der Waals surface area contributed by atoms with E-state index in [1.165, 1.54) is 28.2 Å². The fraction of sp³-hybridized carbons (Fsp3) is 0.227. The number of fused-ring (bicyclic) bond motifs is 1. The molecule has 2 aromatic carbocycles. The number of nitrogens with zero attached hydrogens (tertiary/aromatic N) is 2. The highest BCUT2D eigenvalue weighted by Crippen LogP contribution is 2.28. The average molecular weight is 424 g/mol. The number of benzene rings is 2. The van der Waals surface area contributed by atoms with E-state index in [4.69, 9.17) is 4.74 Å². The molecule has 0 aliphatic rings. The van der Waals surface area contributed by atoms with E-state index in [-0.39, 0.29) is 5.91 Å². The molecule has 2 heterocycles. The van der Waals surface area contributed by atoms with Gasteiger partial charge in [0.1, 0.15) is 22.2 Å². The predicted molar refractivity (Wildman–Crippen MR) is 119 cm³/mol. The van der Waals surface area contributed by atoms with Gasteiger partial charge in [0.25, 0.3) is 5.91 Å². The molecule has 148 valence electrons. The Morgan fingerprint density at radius 1 is 1.10 bits per heavy atom. The third-order valence-corrected chi connectivity index (χ3v) is 6.54. The average Bonchev–Trinajstić information content (AvgIpc) is 3.28. The summed E-state index contributed by atoms with van der Waals surface area (Å²) >= 11 is 2.84. The molecule has 7 heteroatoms. The van der Waals surface area contributed by atoms with E-state index in [0.29, 0.717) is 22.3 Å². The molecule has 0 saturated heterocycles. The Labute approximate surface area is 177 Å². The molecule has 0 aliphatic carbocycles. The van der Waals surface area contributed by atoms with Crippen LogP contribution in [-0.4, -0.2) is 15.9 Å². The van der Waals surface area contributed by atoms with Crippen LogP contribution in [0.2, 0.25) is 0 Å². The van der Waals surface area contributed by atoms with Crippen LogP contribution in [0.4, 0.5) is 5.13 Å². The maximum Gasteiger partial charge on any atom is 0.269 e. The molecule has 29 heavy (non-hydrogen) atoms. The number of ether oxygens (including phenoxy) is 1.